The highest BCUT2D eigenvalue weighted by Gasteiger charge is 2.25. The van der Waals surface area contributed by atoms with Gasteiger partial charge < -0.3 is 14.5 Å². The minimum Gasteiger partial charge on any atom is -0.497 e. The molecule has 1 N–H and O–H groups in total. The molecule has 0 radical (unpaired) electrons. The zero-order valence-corrected chi connectivity index (χ0v) is 21.1. The van der Waals surface area contributed by atoms with E-state index < -0.39 is 10.0 Å². The van der Waals surface area contributed by atoms with Crippen LogP contribution in [0.1, 0.15) is 27.9 Å². The van der Waals surface area contributed by atoms with Crippen LogP contribution in [0.2, 0.25) is 0 Å². The van der Waals surface area contributed by atoms with Crippen LogP contribution in [-0.4, -0.2) is 52.5 Å². The van der Waals surface area contributed by atoms with E-state index in [1.807, 2.05) is 37.3 Å². The second-order valence-corrected chi connectivity index (χ2v) is 10.4. The molecule has 0 aliphatic carbocycles. The Hall–Kier alpha value is -3.52. The Bertz CT molecular complexity index is 1310. The summed E-state index contributed by atoms with van der Waals surface area (Å²) in [6.07, 6.45) is 0.814. The van der Waals surface area contributed by atoms with Crippen molar-refractivity contribution in [1.29, 1.82) is 0 Å². The van der Waals surface area contributed by atoms with Gasteiger partial charge in [-0.2, -0.15) is 0 Å². The van der Waals surface area contributed by atoms with Gasteiger partial charge in [0, 0.05) is 31.9 Å². The number of benzene rings is 3. The molecule has 184 valence electrons. The molecule has 1 fully saturated rings. The number of methoxy groups -OCH3 is 1. The van der Waals surface area contributed by atoms with Crippen molar-refractivity contribution >= 4 is 27.3 Å². The predicted octanol–water partition coefficient (Wildman–Crippen LogP) is 4.47. The highest BCUT2D eigenvalue weighted by atomic mass is 32.2. The third-order valence-corrected chi connectivity index (χ3v) is 7.76. The van der Waals surface area contributed by atoms with Gasteiger partial charge in [0.25, 0.3) is 15.9 Å². The molecule has 35 heavy (non-hydrogen) atoms. The number of ether oxygens (including phenoxy) is 1. The Morgan fingerprint density at radius 1 is 0.914 bits per heavy atom. The maximum atomic E-state index is 13.5. The summed E-state index contributed by atoms with van der Waals surface area (Å²) < 4.78 is 34.2. The van der Waals surface area contributed by atoms with Crippen LogP contribution in [0.4, 0.5) is 11.4 Å². The number of nitrogens with zero attached hydrogens (tertiary/aromatic N) is 2. The van der Waals surface area contributed by atoms with Gasteiger partial charge in [-0.1, -0.05) is 24.3 Å². The van der Waals surface area contributed by atoms with E-state index in [4.69, 9.17) is 4.74 Å². The fraction of sp³-hybridized carbons (Fsp3) is 0.296. The number of para-hydroxylation sites is 1. The Labute approximate surface area is 207 Å². The number of nitrogens with one attached hydrogen (secondary N) is 1. The van der Waals surface area contributed by atoms with Gasteiger partial charge in [0.15, 0.2) is 0 Å². The minimum atomic E-state index is -3.85. The van der Waals surface area contributed by atoms with E-state index in [0.717, 1.165) is 30.0 Å². The van der Waals surface area contributed by atoms with Gasteiger partial charge in [0.1, 0.15) is 5.75 Å². The fourth-order valence-corrected chi connectivity index (χ4v) is 5.71. The number of hydrogen-bond donors (Lipinski definition) is 1. The number of carbonyl (C=O) groups excluding carboxylic acids is 1. The maximum Gasteiger partial charge on any atom is 0.262 e. The lowest BCUT2D eigenvalue weighted by Gasteiger charge is -2.24. The molecule has 3 aromatic rings. The van der Waals surface area contributed by atoms with Crippen LogP contribution >= 0.6 is 0 Å². The number of amides is 1. The molecule has 0 bridgehead atoms. The van der Waals surface area contributed by atoms with Crippen molar-refractivity contribution in [3.63, 3.8) is 0 Å². The van der Waals surface area contributed by atoms with Gasteiger partial charge in [-0.15, -0.1) is 0 Å². The van der Waals surface area contributed by atoms with Crippen LogP contribution in [0.15, 0.2) is 71.6 Å². The average molecular weight is 494 g/mol. The summed E-state index contributed by atoms with van der Waals surface area (Å²) in [7, 11) is -2.21. The van der Waals surface area contributed by atoms with E-state index in [2.05, 4.69) is 9.62 Å². The van der Waals surface area contributed by atoms with Gasteiger partial charge in [-0.25, -0.2) is 8.42 Å². The fourth-order valence-electron chi connectivity index (χ4n) is 4.30. The predicted molar refractivity (Wildman–Crippen MR) is 139 cm³/mol. The monoisotopic (exact) mass is 493 g/mol. The van der Waals surface area contributed by atoms with Crippen molar-refractivity contribution in [3.05, 3.63) is 83.4 Å². The Kier molecular flexibility index (Phi) is 7.31. The summed E-state index contributed by atoms with van der Waals surface area (Å²) in [5.41, 5.74) is 3.22. The third kappa shape index (κ3) is 5.59. The molecule has 1 aliphatic heterocycles. The van der Waals surface area contributed by atoms with Gasteiger partial charge in [-0.05, 0) is 73.9 Å². The van der Waals surface area contributed by atoms with Gasteiger partial charge >= 0.3 is 0 Å². The van der Waals surface area contributed by atoms with Crippen LogP contribution in [0.25, 0.3) is 0 Å². The first-order chi connectivity index (χ1) is 16.8. The van der Waals surface area contributed by atoms with E-state index in [9.17, 15) is 13.2 Å². The summed E-state index contributed by atoms with van der Waals surface area (Å²) in [4.78, 5) is 17.8. The Balaban J connectivity index is 1.52. The van der Waals surface area contributed by atoms with E-state index >= 15 is 0 Å². The molecule has 1 amide bonds. The van der Waals surface area contributed by atoms with Crippen molar-refractivity contribution in [3.8, 4) is 5.75 Å². The standard InChI is InChI=1S/C27H31N3O4S/c1-20-9-10-21(2)26(19-20)35(32,33)28-25-8-5-4-7-24(25)27(31)30-16-6-15-29(17-18-30)22-11-13-23(34-3)14-12-22/h4-5,7-14,19,28H,6,15-18H2,1-3H3. The Morgan fingerprint density at radius 3 is 2.40 bits per heavy atom. The highest BCUT2D eigenvalue weighted by molar-refractivity contribution is 7.92. The smallest absolute Gasteiger partial charge is 0.262 e. The van der Waals surface area contributed by atoms with Crippen molar-refractivity contribution in [1.82, 2.24) is 4.90 Å². The molecule has 4 rings (SSSR count). The number of rotatable bonds is 6. The van der Waals surface area contributed by atoms with E-state index in [1.165, 1.54) is 0 Å². The molecule has 1 saturated heterocycles. The maximum absolute atomic E-state index is 13.5. The van der Waals surface area contributed by atoms with Gasteiger partial charge in [0.05, 0.1) is 23.3 Å². The molecule has 7 nitrogen and oxygen atoms in total. The van der Waals surface area contributed by atoms with E-state index in [1.54, 1.807) is 55.3 Å². The SMILES string of the molecule is COc1ccc(N2CCCN(C(=O)c3ccccc3NS(=O)(=O)c3cc(C)ccc3C)CC2)cc1. The first kappa shape index (κ1) is 24.6. The normalized spacial score (nSPS) is 14.4. The number of hydrogen-bond acceptors (Lipinski definition) is 5. The highest BCUT2D eigenvalue weighted by Crippen LogP contribution is 2.25. The quantitative estimate of drug-likeness (QED) is 0.548. The molecule has 8 heteroatoms. The van der Waals surface area contributed by atoms with Crippen molar-refractivity contribution in [2.75, 3.05) is 42.9 Å². The van der Waals surface area contributed by atoms with Crippen LogP contribution < -0.4 is 14.4 Å². The van der Waals surface area contributed by atoms with Gasteiger partial charge in [0.2, 0.25) is 0 Å². The molecular weight excluding hydrogens is 462 g/mol. The first-order valence-corrected chi connectivity index (χ1v) is 13.1. The van der Waals surface area contributed by atoms with Gasteiger partial charge in [-0.3, -0.25) is 9.52 Å². The first-order valence-electron chi connectivity index (χ1n) is 11.7. The van der Waals surface area contributed by atoms with Crippen LogP contribution in [0.5, 0.6) is 5.75 Å². The largest absolute Gasteiger partial charge is 0.497 e. The Morgan fingerprint density at radius 2 is 1.66 bits per heavy atom. The molecule has 1 heterocycles. The molecule has 0 spiro atoms. The third-order valence-electron chi connectivity index (χ3n) is 6.26. The minimum absolute atomic E-state index is 0.180. The zero-order valence-electron chi connectivity index (χ0n) is 20.3. The molecule has 0 atom stereocenters. The average Bonchev–Trinajstić information content (AvgIpc) is 3.11. The second kappa shape index (κ2) is 10.4. The number of carbonyl (C=O) groups is 1. The zero-order chi connectivity index (χ0) is 25.0. The second-order valence-electron chi connectivity index (χ2n) is 8.75. The van der Waals surface area contributed by atoms with Crippen molar-refractivity contribution in [2.24, 2.45) is 0 Å². The molecule has 1 aliphatic rings. The lowest BCUT2D eigenvalue weighted by Crippen LogP contribution is -2.35. The number of sulfonamides is 1. The molecule has 0 unspecified atom stereocenters. The summed E-state index contributed by atoms with van der Waals surface area (Å²) in [6.45, 7) is 6.28. The van der Waals surface area contributed by atoms with Crippen LogP contribution in [0, 0.1) is 13.8 Å². The van der Waals surface area contributed by atoms with E-state index in [-0.39, 0.29) is 16.5 Å². The summed E-state index contributed by atoms with van der Waals surface area (Å²) in [5, 5.41) is 0. The molecular formula is C27H31N3O4S. The van der Waals surface area contributed by atoms with Crippen molar-refractivity contribution < 1.29 is 17.9 Å². The topological polar surface area (TPSA) is 79.0 Å². The number of anilines is 2. The number of aryl methyl sites for hydroxylation is 2. The molecule has 0 aromatic heterocycles. The summed E-state index contributed by atoms with van der Waals surface area (Å²) in [6, 6.07) is 20.0. The lowest BCUT2D eigenvalue weighted by molar-refractivity contribution is 0.0768. The summed E-state index contributed by atoms with van der Waals surface area (Å²) in [5.74, 6) is 0.626. The van der Waals surface area contributed by atoms with Crippen LogP contribution in [0.3, 0.4) is 0 Å². The molecule has 3 aromatic carbocycles. The van der Waals surface area contributed by atoms with Crippen LogP contribution in [-0.2, 0) is 10.0 Å². The van der Waals surface area contributed by atoms with Crippen molar-refractivity contribution in [2.45, 2.75) is 25.2 Å². The molecule has 0 saturated carbocycles. The van der Waals surface area contributed by atoms with E-state index in [0.29, 0.717) is 30.8 Å². The summed E-state index contributed by atoms with van der Waals surface area (Å²) >= 11 is 0. The lowest BCUT2D eigenvalue weighted by atomic mass is 10.1.